The molecule has 0 atom stereocenters. The lowest BCUT2D eigenvalue weighted by Crippen LogP contribution is -2.45. The maximum absolute atomic E-state index is 12.0. The fraction of sp³-hybridized carbons (Fsp3) is 0.737. The van der Waals surface area contributed by atoms with Crippen LogP contribution in [0.15, 0.2) is 6.07 Å². The average molecular weight is 362 g/mol. The summed E-state index contributed by atoms with van der Waals surface area (Å²) in [6, 6.07) is 2.08. The summed E-state index contributed by atoms with van der Waals surface area (Å²) < 4.78 is 5.72. The van der Waals surface area contributed by atoms with Gasteiger partial charge in [0.2, 0.25) is 11.8 Å². The summed E-state index contributed by atoms with van der Waals surface area (Å²) in [6.07, 6.45) is 7.88. The molecule has 1 aromatic heterocycles. The highest BCUT2D eigenvalue weighted by Crippen LogP contribution is 2.36. The van der Waals surface area contributed by atoms with Gasteiger partial charge >= 0.3 is 0 Å². The molecule has 2 amide bonds. The molecule has 1 aromatic rings. The number of hydrogen-bond acceptors (Lipinski definition) is 4. The van der Waals surface area contributed by atoms with Crippen LogP contribution < -0.4 is 10.6 Å². The molecule has 0 bridgehead atoms. The van der Waals surface area contributed by atoms with Crippen LogP contribution in [0.1, 0.15) is 70.4 Å². The van der Waals surface area contributed by atoms with Crippen LogP contribution in [-0.4, -0.2) is 40.8 Å². The van der Waals surface area contributed by atoms with E-state index in [2.05, 4.69) is 20.8 Å². The van der Waals surface area contributed by atoms with Crippen LogP contribution >= 0.6 is 0 Å². The van der Waals surface area contributed by atoms with Gasteiger partial charge in [-0.05, 0) is 25.7 Å². The Bertz CT molecular complexity index is 616. The minimum atomic E-state index is -0.0747. The number of H-pyrrole nitrogens is 1. The van der Waals surface area contributed by atoms with Gasteiger partial charge in [0, 0.05) is 29.6 Å². The molecule has 1 heterocycles. The number of carbonyl (C=O) groups excluding carboxylic acids is 2. The fourth-order valence-corrected chi connectivity index (χ4v) is 3.56. The van der Waals surface area contributed by atoms with E-state index in [1.165, 1.54) is 19.3 Å². The highest BCUT2D eigenvalue weighted by Gasteiger charge is 2.33. The fourth-order valence-electron chi connectivity index (χ4n) is 3.56. The maximum Gasteiger partial charge on any atom is 0.246 e. The lowest BCUT2D eigenvalue weighted by molar-refractivity contribution is -0.129. The normalized spacial score (nSPS) is 23.5. The van der Waals surface area contributed by atoms with Gasteiger partial charge in [0.1, 0.15) is 6.61 Å². The Hall–Kier alpha value is -1.89. The monoisotopic (exact) mass is 362 g/mol. The van der Waals surface area contributed by atoms with Gasteiger partial charge in [-0.1, -0.05) is 33.1 Å². The Morgan fingerprint density at radius 2 is 2.00 bits per heavy atom. The molecule has 2 fully saturated rings. The van der Waals surface area contributed by atoms with Crippen LogP contribution in [0, 0.1) is 5.92 Å². The second-order valence-corrected chi connectivity index (χ2v) is 7.86. The van der Waals surface area contributed by atoms with Crippen LogP contribution in [0.2, 0.25) is 0 Å². The molecule has 0 aliphatic heterocycles. The van der Waals surface area contributed by atoms with Crippen LogP contribution in [0.25, 0.3) is 0 Å². The minimum Gasteiger partial charge on any atom is -0.368 e. The van der Waals surface area contributed by atoms with Crippen molar-refractivity contribution >= 4 is 17.6 Å². The number of rotatable bonds is 7. The highest BCUT2D eigenvalue weighted by molar-refractivity contribution is 5.91. The summed E-state index contributed by atoms with van der Waals surface area (Å²) in [5.74, 6) is 0.770. The lowest BCUT2D eigenvalue weighted by atomic mass is 9.78. The number of nitrogens with zero attached hydrogens (tertiary/aromatic N) is 1. The van der Waals surface area contributed by atoms with Crippen molar-refractivity contribution in [1.29, 1.82) is 0 Å². The van der Waals surface area contributed by atoms with Crippen molar-refractivity contribution in [3.05, 3.63) is 11.8 Å². The lowest BCUT2D eigenvalue weighted by Gasteiger charge is -2.35. The standard InChI is InChI=1S/C19H30N4O3/c1-12(2)19(25)21-17-10-16(22-23-17)13-8-14(9-13)20-18(24)11-26-15-6-4-3-5-7-15/h10,12-15H,3-9,11H2,1-2H3,(H,20,24)(H2,21,22,23,25). The zero-order valence-electron chi connectivity index (χ0n) is 15.7. The average Bonchev–Trinajstić information content (AvgIpc) is 3.04. The van der Waals surface area contributed by atoms with Gasteiger partial charge in [-0.15, -0.1) is 0 Å². The summed E-state index contributed by atoms with van der Waals surface area (Å²) in [4.78, 5) is 23.7. The molecular weight excluding hydrogens is 332 g/mol. The molecule has 2 saturated carbocycles. The van der Waals surface area contributed by atoms with E-state index >= 15 is 0 Å². The highest BCUT2D eigenvalue weighted by atomic mass is 16.5. The third-order valence-corrected chi connectivity index (χ3v) is 5.32. The van der Waals surface area contributed by atoms with Crippen molar-refractivity contribution in [3.63, 3.8) is 0 Å². The number of amides is 2. The van der Waals surface area contributed by atoms with E-state index < -0.39 is 0 Å². The van der Waals surface area contributed by atoms with Gasteiger partial charge in [-0.3, -0.25) is 14.7 Å². The molecular formula is C19H30N4O3. The van der Waals surface area contributed by atoms with Gasteiger partial charge in [-0.2, -0.15) is 5.10 Å². The van der Waals surface area contributed by atoms with Crippen molar-refractivity contribution in [2.45, 2.75) is 76.9 Å². The molecule has 0 saturated heterocycles. The Kier molecular flexibility index (Phi) is 6.29. The molecule has 144 valence electrons. The zero-order valence-corrected chi connectivity index (χ0v) is 15.7. The predicted molar refractivity (Wildman–Crippen MR) is 98.8 cm³/mol. The van der Waals surface area contributed by atoms with Crippen molar-refractivity contribution in [3.8, 4) is 0 Å². The molecule has 7 nitrogen and oxygen atoms in total. The Balaban J connectivity index is 1.35. The second kappa shape index (κ2) is 8.66. The molecule has 2 aliphatic rings. The van der Waals surface area contributed by atoms with E-state index in [1.54, 1.807) is 0 Å². The number of ether oxygens (including phenoxy) is 1. The molecule has 0 unspecified atom stereocenters. The Morgan fingerprint density at radius 3 is 2.69 bits per heavy atom. The summed E-state index contributed by atoms with van der Waals surface area (Å²) in [5.41, 5.74) is 1.01. The largest absolute Gasteiger partial charge is 0.368 e. The van der Waals surface area contributed by atoms with Gasteiger partial charge in [-0.25, -0.2) is 0 Å². The third-order valence-electron chi connectivity index (χ3n) is 5.32. The van der Waals surface area contributed by atoms with Crippen LogP contribution in [-0.2, 0) is 14.3 Å². The van der Waals surface area contributed by atoms with Gasteiger partial charge in [0.25, 0.3) is 0 Å². The van der Waals surface area contributed by atoms with E-state index in [9.17, 15) is 9.59 Å². The smallest absolute Gasteiger partial charge is 0.246 e. The van der Waals surface area contributed by atoms with E-state index in [-0.39, 0.29) is 36.5 Å². The molecule has 3 N–H and O–H groups in total. The summed E-state index contributed by atoms with van der Waals surface area (Å²) in [5, 5.41) is 13.0. The van der Waals surface area contributed by atoms with Crippen molar-refractivity contribution in [2.24, 2.45) is 5.92 Å². The van der Waals surface area contributed by atoms with E-state index in [1.807, 2.05) is 19.9 Å². The first-order chi connectivity index (χ1) is 12.5. The molecule has 7 heteroatoms. The van der Waals surface area contributed by atoms with Gasteiger partial charge in [0.15, 0.2) is 5.82 Å². The van der Waals surface area contributed by atoms with Gasteiger partial charge < -0.3 is 15.4 Å². The van der Waals surface area contributed by atoms with E-state index in [4.69, 9.17) is 4.74 Å². The molecule has 0 spiro atoms. The first-order valence-corrected chi connectivity index (χ1v) is 9.78. The molecule has 2 aliphatic carbocycles. The number of aromatic amines is 1. The first-order valence-electron chi connectivity index (χ1n) is 9.78. The Morgan fingerprint density at radius 1 is 1.27 bits per heavy atom. The SMILES string of the molecule is CC(C)C(=O)Nc1cc(C2CC(NC(=O)COC3CCCCC3)C2)[nH]n1. The third kappa shape index (κ3) is 5.06. The van der Waals surface area contributed by atoms with Crippen LogP contribution in [0.4, 0.5) is 5.82 Å². The number of anilines is 1. The Labute approximate surface area is 154 Å². The quantitative estimate of drug-likeness (QED) is 0.695. The zero-order chi connectivity index (χ0) is 18.5. The number of aromatic nitrogens is 2. The minimum absolute atomic E-state index is 0.0199. The maximum atomic E-state index is 12.0. The molecule has 3 rings (SSSR count). The number of carbonyl (C=O) groups is 2. The van der Waals surface area contributed by atoms with E-state index in [0.29, 0.717) is 11.7 Å². The van der Waals surface area contributed by atoms with Gasteiger partial charge in [0.05, 0.1) is 6.10 Å². The van der Waals surface area contributed by atoms with Crippen molar-refractivity contribution in [2.75, 3.05) is 11.9 Å². The molecule has 26 heavy (non-hydrogen) atoms. The van der Waals surface area contributed by atoms with Crippen molar-refractivity contribution < 1.29 is 14.3 Å². The second-order valence-electron chi connectivity index (χ2n) is 7.86. The summed E-state index contributed by atoms with van der Waals surface area (Å²) >= 11 is 0. The molecule has 0 radical (unpaired) electrons. The van der Waals surface area contributed by atoms with Crippen LogP contribution in [0.5, 0.6) is 0 Å². The first kappa shape index (κ1) is 18.9. The van der Waals surface area contributed by atoms with Crippen LogP contribution in [0.3, 0.4) is 0 Å². The predicted octanol–water partition coefficient (Wildman–Crippen LogP) is 2.72. The van der Waals surface area contributed by atoms with E-state index in [0.717, 1.165) is 31.4 Å². The topological polar surface area (TPSA) is 96.1 Å². The van der Waals surface area contributed by atoms with Crippen molar-refractivity contribution in [1.82, 2.24) is 15.5 Å². The summed E-state index contributed by atoms with van der Waals surface area (Å²) in [6.45, 7) is 3.86. The number of nitrogens with one attached hydrogen (secondary N) is 3. The summed E-state index contributed by atoms with van der Waals surface area (Å²) in [7, 11) is 0. The number of hydrogen-bond donors (Lipinski definition) is 3. The molecule has 0 aromatic carbocycles.